The van der Waals surface area contributed by atoms with E-state index in [4.69, 9.17) is 16.8 Å². The van der Waals surface area contributed by atoms with Crippen LogP contribution >= 0.6 is 11.6 Å². The van der Waals surface area contributed by atoms with E-state index in [2.05, 4.69) is 0 Å². The van der Waals surface area contributed by atoms with Crippen LogP contribution in [0.5, 0.6) is 0 Å². The molecule has 0 amide bonds. The molecule has 4 heteroatoms. The van der Waals surface area contributed by atoms with Crippen LogP contribution in [-0.2, 0) is 0 Å². The number of halogens is 2. The Morgan fingerprint density at radius 2 is 2.20 bits per heavy atom. The summed E-state index contributed by atoms with van der Waals surface area (Å²) in [5.41, 5.74) is 2.12. The van der Waals surface area contributed by atoms with Crippen molar-refractivity contribution in [2.75, 3.05) is 5.48 Å². The van der Waals surface area contributed by atoms with Gasteiger partial charge in [-0.25, -0.2) is 4.39 Å². The number of hydrogen-bond donors (Lipinski definition) is 2. The van der Waals surface area contributed by atoms with E-state index >= 15 is 0 Å². The molecule has 2 nitrogen and oxygen atoms in total. The van der Waals surface area contributed by atoms with E-state index in [1.165, 1.54) is 12.1 Å². The topological polar surface area (TPSA) is 32.3 Å². The Hall–Kier alpha value is -0.800. The molecule has 0 bridgehead atoms. The Kier molecular flexibility index (Phi) is 2.09. The zero-order chi connectivity index (χ0) is 7.56. The fraction of sp³-hybridized carbons (Fsp3) is 0. The molecule has 0 saturated heterocycles. The molecule has 0 fully saturated rings. The summed E-state index contributed by atoms with van der Waals surface area (Å²) in [5, 5.41) is 8.51. The molecule has 0 saturated carbocycles. The third-order valence-electron chi connectivity index (χ3n) is 1.05. The summed E-state index contributed by atoms with van der Waals surface area (Å²) >= 11 is 5.47. The Morgan fingerprint density at radius 3 is 2.70 bits per heavy atom. The highest BCUT2D eigenvalue weighted by Gasteiger charge is 1.98. The van der Waals surface area contributed by atoms with E-state index in [1.54, 1.807) is 0 Å². The predicted molar refractivity (Wildman–Crippen MR) is 36.8 cm³/mol. The molecule has 0 spiro atoms. The molecule has 2 N–H and O–H groups in total. The van der Waals surface area contributed by atoms with Crippen LogP contribution in [0.15, 0.2) is 18.2 Å². The minimum Gasteiger partial charge on any atom is -0.291 e. The van der Waals surface area contributed by atoms with Crippen LogP contribution in [-0.4, -0.2) is 5.21 Å². The molecule has 54 valence electrons. The van der Waals surface area contributed by atoms with Crippen molar-refractivity contribution in [3.63, 3.8) is 0 Å². The van der Waals surface area contributed by atoms with Gasteiger partial charge >= 0.3 is 0 Å². The summed E-state index contributed by atoms with van der Waals surface area (Å²) < 4.78 is 12.3. The Balaban J connectivity index is 3.07. The lowest BCUT2D eigenvalue weighted by molar-refractivity contribution is 0.389. The van der Waals surface area contributed by atoms with Crippen molar-refractivity contribution in [3.05, 3.63) is 29.0 Å². The lowest BCUT2D eigenvalue weighted by Crippen LogP contribution is -1.89. The number of nitrogens with one attached hydrogen (secondary N) is 1. The average molecular weight is 162 g/mol. The zero-order valence-corrected chi connectivity index (χ0v) is 5.69. The Bertz CT molecular complexity index is 241. The molecular formula is C6H5ClFNO. The van der Waals surface area contributed by atoms with Gasteiger partial charge in [-0.3, -0.25) is 10.7 Å². The van der Waals surface area contributed by atoms with Crippen LogP contribution in [0.1, 0.15) is 0 Å². The second-order valence-corrected chi connectivity index (χ2v) is 2.14. The van der Waals surface area contributed by atoms with Crippen molar-refractivity contribution in [1.29, 1.82) is 0 Å². The fourth-order valence-corrected chi connectivity index (χ4v) is 0.790. The quantitative estimate of drug-likeness (QED) is 0.620. The van der Waals surface area contributed by atoms with Crippen molar-refractivity contribution >= 4 is 17.3 Å². The normalized spacial score (nSPS) is 9.50. The molecule has 1 aromatic carbocycles. The molecule has 0 heterocycles. The summed E-state index contributed by atoms with van der Waals surface area (Å²) in [6.07, 6.45) is 0. The number of rotatable bonds is 1. The van der Waals surface area contributed by atoms with Gasteiger partial charge in [0.25, 0.3) is 0 Å². The van der Waals surface area contributed by atoms with Crippen LogP contribution in [0, 0.1) is 5.82 Å². The van der Waals surface area contributed by atoms with Crippen LogP contribution in [0.2, 0.25) is 5.02 Å². The van der Waals surface area contributed by atoms with Crippen molar-refractivity contribution in [2.45, 2.75) is 0 Å². The Labute approximate surface area is 62.2 Å². The van der Waals surface area contributed by atoms with Crippen LogP contribution < -0.4 is 5.48 Å². The van der Waals surface area contributed by atoms with Gasteiger partial charge in [0.1, 0.15) is 5.82 Å². The molecule has 0 atom stereocenters. The summed E-state index contributed by atoms with van der Waals surface area (Å²) in [6, 6.07) is 3.65. The van der Waals surface area contributed by atoms with Gasteiger partial charge in [0.15, 0.2) is 0 Å². The molecule has 1 rings (SSSR count). The van der Waals surface area contributed by atoms with Gasteiger partial charge in [0.05, 0.1) is 10.7 Å². The van der Waals surface area contributed by atoms with Crippen LogP contribution in [0.3, 0.4) is 0 Å². The van der Waals surface area contributed by atoms with Crippen molar-refractivity contribution in [3.8, 4) is 0 Å². The summed E-state index contributed by atoms with van der Waals surface area (Å²) in [4.78, 5) is 0. The van der Waals surface area contributed by atoms with Gasteiger partial charge < -0.3 is 0 Å². The molecule has 0 aliphatic carbocycles. The van der Waals surface area contributed by atoms with Gasteiger partial charge in [-0.2, -0.15) is 0 Å². The first-order chi connectivity index (χ1) is 4.74. The SMILES string of the molecule is ONc1ccc(F)cc1Cl. The highest BCUT2D eigenvalue weighted by atomic mass is 35.5. The zero-order valence-electron chi connectivity index (χ0n) is 4.94. The van der Waals surface area contributed by atoms with Gasteiger partial charge in [-0.15, -0.1) is 0 Å². The highest BCUT2D eigenvalue weighted by molar-refractivity contribution is 6.33. The molecule has 1 aromatic rings. The van der Waals surface area contributed by atoms with Gasteiger partial charge in [0.2, 0.25) is 0 Å². The standard InChI is InChI=1S/C6H5ClFNO/c7-5-3-4(8)1-2-6(5)9-10/h1-3,9-10H. The molecule has 0 aromatic heterocycles. The summed E-state index contributed by atoms with van der Waals surface area (Å²) in [6.45, 7) is 0. The van der Waals surface area contributed by atoms with Crippen molar-refractivity contribution < 1.29 is 9.60 Å². The van der Waals surface area contributed by atoms with Crippen molar-refractivity contribution in [2.24, 2.45) is 0 Å². The largest absolute Gasteiger partial charge is 0.291 e. The van der Waals surface area contributed by atoms with E-state index in [0.29, 0.717) is 5.69 Å². The lowest BCUT2D eigenvalue weighted by Gasteiger charge is -1.99. The third-order valence-corrected chi connectivity index (χ3v) is 1.36. The smallest absolute Gasteiger partial charge is 0.124 e. The maximum atomic E-state index is 12.3. The average Bonchev–Trinajstić information content (AvgIpc) is 1.88. The monoisotopic (exact) mass is 161 g/mol. The van der Waals surface area contributed by atoms with Gasteiger partial charge in [-0.1, -0.05) is 11.6 Å². The van der Waals surface area contributed by atoms with E-state index in [9.17, 15) is 4.39 Å². The molecule has 0 unspecified atom stereocenters. The predicted octanol–water partition coefficient (Wildman–Crippen LogP) is 2.28. The minimum atomic E-state index is -0.427. The molecule has 0 aliphatic heterocycles. The lowest BCUT2D eigenvalue weighted by atomic mass is 10.3. The second kappa shape index (κ2) is 2.86. The van der Waals surface area contributed by atoms with Crippen molar-refractivity contribution in [1.82, 2.24) is 0 Å². The molecule has 0 aliphatic rings. The van der Waals surface area contributed by atoms with E-state index in [-0.39, 0.29) is 5.02 Å². The molecule has 0 radical (unpaired) electrons. The molecular weight excluding hydrogens is 157 g/mol. The number of anilines is 1. The Morgan fingerprint density at radius 1 is 1.50 bits per heavy atom. The van der Waals surface area contributed by atoms with Gasteiger partial charge in [0, 0.05) is 0 Å². The second-order valence-electron chi connectivity index (χ2n) is 1.74. The first kappa shape index (κ1) is 7.31. The maximum absolute atomic E-state index is 12.3. The van der Waals surface area contributed by atoms with Gasteiger partial charge in [-0.05, 0) is 18.2 Å². The first-order valence-corrected chi connectivity index (χ1v) is 2.97. The molecule has 10 heavy (non-hydrogen) atoms. The fourth-order valence-electron chi connectivity index (χ4n) is 0.580. The summed E-state index contributed by atoms with van der Waals surface area (Å²) in [5.74, 6) is -0.427. The van der Waals surface area contributed by atoms with E-state index < -0.39 is 5.82 Å². The number of benzene rings is 1. The number of hydrogen-bond acceptors (Lipinski definition) is 2. The minimum absolute atomic E-state index is 0.155. The third kappa shape index (κ3) is 1.37. The van der Waals surface area contributed by atoms with Crippen LogP contribution in [0.4, 0.5) is 10.1 Å². The van der Waals surface area contributed by atoms with E-state index in [0.717, 1.165) is 6.07 Å². The van der Waals surface area contributed by atoms with Crippen LogP contribution in [0.25, 0.3) is 0 Å². The highest BCUT2D eigenvalue weighted by Crippen LogP contribution is 2.21. The maximum Gasteiger partial charge on any atom is 0.124 e. The van der Waals surface area contributed by atoms with E-state index in [1.807, 2.05) is 5.48 Å². The first-order valence-electron chi connectivity index (χ1n) is 2.59. The summed E-state index contributed by atoms with van der Waals surface area (Å²) in [7, 11) is 0.